The van der Waals surface area contributed by atoms with Crippen molar-refractivity contribution in [1.82, 2.24) is 10.3 Å². The van der Waals surface area contributed by atoms with Crippen LogP contribution in [0, 0.1) is 0 Å². The summed E-state index contributed by atoms with van der Waals surface area (Å²) in [6.45, 7) is 2.50. The van der Waals surface area contributed by atoms with E-state index in [0.717, 1.165) is 44.9 Å². The number of allylic oxidation sites excluding steroid dienone is 3. The molecule has 0 saturated carbocycles. The van der Waals surface area contributed by atoms with Crippen LogP contribution in [0.1, 0.15) is 35.7 Å². The molecule has 7 nitrogen and oxygen atoms in total. The van der Waals surface area contributed by atoms with Crippen molar-refractivity contribution in [2.24, 2.45) is 0 Å². The Bertz CT molecular complexity index is 1260. The minimum absolute atomic E-state index is 0.0200. The van der Waals surface area contributed by atoms with Crippen molar-refractivity contribution in [1.29, 1.82) is 0 Å². The Kier molecular flexibility index (Phi) is 7.15. The van der Waals surface area contributed by atoms with E-state index < -0.39 is 0 Å². The smallest absolute Gasteiger partial charge is 0.224 e. The Morgan fingerprint density at radius 1 is 1.03 bits per heavy atom. The second-order valence-corrected chi connectivity index (χ2v) is 8.33. The third-order valence-electron chi connectivity index (χ3n) is 6.26. The largest absolute Gasteiger partial charge is 0.502 e. The van der Waals surface area contributed by atoms with Crippen LogP contribution < -0.4 is 19.5 Å². The standard InChI is InChI=1S/C28H30N2O5/c1-17-21(9-7-18-12-25(34-3)28(32)26(13-18)35-4)22-10-8-20(33-2)14-24(22)23(17)15-27(31)30-16-19-6-5-11-29-19/h5-6,8-14,29,32H,7,15-16H2,1-4H3,(H,30,31)/b21-9-. The van der Waals surface area contributed by atoms with E-state index in [1.165, 1.54) is 14.2 Å². The molecule has 0 unspecified atom stereocenters. The van der Waals surface area contributed by atoms with Gasteiger partial charge in [-0.2, -0.15) is 0 Å². The highest BCUT2D eigenvalue weighted by Gasteiger charge is 2.26. The topological polar surface area (TPSA) is 92.8 Å². The number of phenols is 1. The third-order valence-corrected chi connectivity index (χ3v) is 6.26. The second kappa shape index (κ2) is 10.4. The predicted octanol–water partition coefficient (Wildman–Crippen LogP) is 4.87. The van der Waals surface area contributed by atoms with E-state index in [1.54, 1.807) is 19.2 Å². The van der Waals surface area contributed by atoms with Crippen LogP contribution in [0.5, 0.6) is 23.0 Å². The van der Waals surface area contributed by atoms with Crippen LogP contribution in [-0.4, -0.2) is 37.3 Å². The highest BCUT2D eigenvalue weighted by Crippen LogP contribution is 2.44. The number of hydrogen-bond acceptors (Lipinski definition) is 5. The predicted molar refractivity (Wildman–Crippen MR) is 136 cm³/mol. The van der Waals surface area contributed by atoms with Crippen LogP contribution in [0.2, 0.25) is 0 Å². The maximum atomic E-state index is 12.8. The van der Waals surface area contributed by atoms with Crippen molar-refractivity contribution in [2.75, 3.05) is 21.3 Å². The highest BCUT2D eigenvalue weighted by atomic mass is 16.5. The number of hydrogen-bond donors (Lipinski definition) is 3. The number of rotatable bonds is 9. The molecule has 1 heterocycles. The molecular weight excluding hydrogens is 444 g/mol. The van der Waals surface area contributed by atoms with Gasteiger partial charge in [0.25, 0.3) is 0 Å². The summed E-state index contributed by atoms with van der Waals surface area (Å²) in [5.74, 6) is 1.41. The number of nitrogens with one attached hydrogen (secondary N) is 2. The average molecular weight is 475 g/mol. The minimum Gasteiger partial charge on any atom is -0.502 e. The maximum Gasteiger partial charge on any atom is 0.224 e. The molecule has 0 radical (unpaired) electrons. The zero-order valence-corrected chi connectivity index (χ0v) is 20.4. The summed E-state index contributed by atoms with van der Waals surface area (Å²) in [6, 6.07) is 13.4. The second-order valence-electron chi connectivity index (χ2n) is 8.33. The van der Waals surface area contributed by atoms with Gasteiger partial charge in [-0.1, -0.05) is 12.1 Å². The summed E-state index contributed by atoms with van der Waals surface area (Å²) in [5, 5.41) is 13.2. The summed E-state index contributed by atoms with van der Waals surface area (Å²) in [5.41, 5.74) is 7.07. The van der Waals surface area contributed by atoms with Crippen molar-refractivity contribution in [3.63, 3.8) is 0 Å². The van der Waals surface area contributed by atoms with Crippen LogP contribution in [0.3, 0.4) is 0 Å². The molecule has 0 aliphatic heterocycles. The fraction of sp³-hybridized carbons (Fsp3) is 0.250. The Hall–Kier alpha value is -4.13. The molecule has 3 aromatic rings. The van der Waals surface area contributed by atoms with Gasteiger partial charge in [-0.25, -0.2) is 0 Å². The van der Waals surface area contributed by atoms with E-state index in [2.05, 4.69) is 16.4 Å². The summed E-state index contributed by atoms with van der Waals surface area (Å²) in [7, 11) is 4.66. The van der Waals surface area contributed by atoms with Crippen molar-refractivity contribution < 1.29 is 24.1 Å². The molecule has 1 aliphatic rings. The van der Waals surface area contributed by atoms with Gasteiger partial charge in [0.15, 0.2) is 11.5 Å². The molecule has 0 spiro atoms. The number of aromatic nitrogens is 1. The van der Waals surface area contributed by atoms with Crippen LogP contribution in [0.4, 0.5) is 0 Å². The first kappa shape index (κ1) is 24.0. The van der Waals surface area contributed by atoms with Crippen LogP contribution in [0.25, 0.3) is 11.1 Å². The molecular formula is C28H30N2O5. The monoisotopic (exact) mass is 474 g/mol. The zero-order chi connectivity index (χ0) is 24.9. The molecule has 1 amide bonds. The minimum atomic E-state index is -0.0445. The average Bonchev–Trinajstić information content (AvgIpc) is 3.48. The fourth-order valence-electron chi connectivity index (χ4n) is 4.37. The molecule has 4 rings (SSSR count). The summed E-state index contributed by atoms with van der Waals surface area (Å²) >= 11 is 0. The number of methoxy groups -OCH3 is 3. The number of aromatic amines is 1. The lowest BCUT2D eigenvalue weighted by Crippen LogP contribution is -2.22. The molecule has 1 aromatic heterocycles. The van der Waals surface area contributed by atoms with E-state index in [9.17, 15) is 9.90 Å². The van der Waals surface area contributed by atoms with E-state index in [4.69, 9.17) is 14.2 Å². The number of amides is 1. The number of carbonyl (C=O) groups is 1. The van der Waals surface area contributed by atoms with Gasteiger partial charge in [-0.05, 0) is 83.2 Å². The molecule has 35 heavy (non-hydrogen) atoms. The van der Waals surface area contributed by atoms with Gasteiger partial charge in [-0.15, -0.1) is 0 Å². The van der Waals surface area contributed by atoms with E-state index in [1.807, 2.05) is 43.5 Å². The normalized spacial score (nSPS) is 13.7. The number of benzene rings is 2. The first-order chi connectivity index (χ1) is 16.9. The number of fused-ring (bicyclic) bond motifs is 1. The van der Waals surface area contributed by atoms with Gasteiger partial charge in [0.1, 0.15) is 5.75 Å². The fourth-order valence-corrected chi connectivity index (χ4v) is 4.37. The Balaban J connectivity index is 1.63. The first-order valence-corrected chi connectivity index (χ1v) is 11.4. The van der Waals surface area contributed by atoms with Gasteiger partial charge < -0.3 is 29.6 Å². The zero-order valence-electron chi connectivity index (χ0n) is 20.4. The van der Waals surface area contributed by atoms with Crippen molar-refractivity contribution >= 4 is 17.1 Å². The van der Waals surface area contributed by atoms with Gasteiger partial charge in [0, 0.05) is 11.9 Å². The molecule has 3 N–H and O–H groups in total. The van der Waals surface area contributed by atoms with Crippen LogP contribution >= 0.6 is 0 Å². The number of H-pyrrole nitrogens is 1. The number of ether oxygens (including phenoxy) is 3. The van der Waals surface area contributed by atoms with Crippen LogP contribution in [0.15, 0.2) is 60.3 Å². The lowest BCUT2D eigenvalue weighted by molar-refractivity contribution is -0.120. The number of carbonyl (C=O) groups excluding carboxylic acids is 1. The summed E-state index contributed by atoms with van der Waals surface area (Å²) in [4.78, 5) is 15.9. The molecule has 2 aromatic carbocycles. The van der Waals surface area contributed by atoms with Crippen molar-refractivity contribution in [3.8, 4) is 23.0 Å². The summed E-state index contributed by atoms with van der Waals surface area (Å²) < 4.78 is 16.0. The van der Waals surface area contributed by atoms with E-state index in [-0.39, 0.29) is 18.1 Å². The van der Waals surface area contributed by atoms with E-state index >= 15 is 0 Å². The SMILES string of the molecule is COc1ccc2c(c1)C(CC(=O)NCc1ccc[nH]1)=C(C)/C2=C/Cc1cc(OC)c(O)c(OC)c1. The molecule has 0 fully saturated rings. The van der Waals surface area contributed by atoms with Crippen molar-refractivity contribution in [3.05, 3.63) is 82.7 Å². The molecule has 182 valence electrons. The van der Waals surface area contributed by atoms with Gasteiger partial charge in [0.05, 0.1) is 34.3 Å². The third kappa shape index (κ3) is 5.04. The molecule has 0 bridgehead atoms. The lowest BCUT2D eigenvalue weighted by Gasteiger charge is -2.11. The molecule has 0 atom stereocenters. The number of phenolic OH excluding ortho intramolecular Hbond substituents is 1. The van der Waals surface area contributed by atoms with Gasteiger partial charge in [-0.3, -0.25) is 4.79 Å². The van der Waals surface area contributed by atoms with Crippen LogP contribution in [-0.2, 0) is 17.8 Å². The van der Waals surface area contributed by atoms with Gasteiger partial charge in [0.2, 0.25) is 11.7 Å². The Morgan fingerprint density at radius 3 is 2.40 bits per heavy atom. The molecule has 0 saturated heterocycles. The highest BCUT2D eigenvalue weighted by molar-refractivity contribution is 6.04. The number of aromatic hydroxyl groups is 1. The maximum absolute atomic E-state index is 12.8. The van der Waals surface area contributed by atoms with Crippen molar-refractivity contribution in [2.45, 2.75) is 26.3 Å². The van der Waals surface area contributed by atoms with E-state index in [0.29, 0.717) is 24.5 Å². The first-order valence-electron chi connectivity index (χ1n) is 11.4. The Morgan fingerprint density at radius 2 is 1.77 bits per heavy atom. The quantitative estimate of drug-likeness (QED) is 0.412. The summed E-state index contributed by atoms with van der Waals surface area (Å²) in [6.07, 6.45) is 4.84. The molecule has 1 aliphatic carbocycles. The Labute approximate surface area is 205 Å². The molecule has 7 heteroatoms. The van der Waals surface area contributed by atoms with Gasteiger partial charge >= 0.3 is 0 Å². The lowest BCUT2D eigenvalue weighted by atomic mass is 10.00.